The molecule has 1 aromatic heterocycles. The Balaban J connectivity index is 2.21. The summed E-state index contributed by atoms with van der Waals surface area (Å²) in [5, 5.41) is 12.5. The second-order valence-corrected chi connectivity index (χ2v) is 4.58. The Hall–Kier alpha value is -1.88. The van der Waals surface area contributed by atoms with Gasteiger partial charge in [0.15, 0.2) is 5.13 Å². The van der Waals surface area contributed by atoms with Gasteiger partial charge in [-0.3, -0.25) is 0 Å². The lowest BCUT2D eigenvalue weighted by Crippen LogP contribution is -2.28. The summed E-state index contributed by atoms with van der Waals surface area (Å²) in [4.78, 5) is 15.3. The van der Waals surface area contributed by atoms with E-state index in [1.54, 1.807) is 6.08 Å². The average Bonchev–Trinajstić information content (AvgIpc) is 2.70. The molecule has 0 aliphatic rings. The molecule has 0 saturated heterocycles. The molecule has 0 aliphatic carbocycles. The Morgan fingerprint density at radius 2 is 2.35 bits per heavy atom. The minimum absolute atomic E-state index is 0.366. The lowest BCUT2D eigenvalue weighted by atomic mass is 10.2. The van der Waals surface area contributed by atoms with Crippen LogP contribution in [-0.2, 0) is 4.79 Å². The predicted molar refractivity (Wildman–Crippen MR) is 69.5 cm³/mol. The van der Waals surface area contributed by atoms with Crippen LogP contribution in [0.1, 0.15) is 6.42 Å². The standard InChI is InChI=1S/C12H12N2O2S/c1-2-5-9(11(15)16)14-12-13-8-6-3-4-7-10(8)17-12/h2-4,6-7,9H,1,5H2,(H,13,14)(H,15,16). The van der Waals surface area contributed by atoms with E-state index >= 15 is 0 Å². The Kier molecular flexibility index (Phi) is 3.39. The molecule has 0 fully saturated rings. The first-order valence-electron chi connectivity index (χ1n) is 5.16. The minimum Gasteiger partial charge on any atom is -0.480 e. The third-order valence-corrected chi connectivity index (χ3v) is 3.26. The van der Waals surface area contributed by atoms with Crippen LogP contribution in [0.4, 0.5) is 5.13 Å². The molecule has 88 valence electrons. The summed E-state index contributed by atoms with van der Waals surface area (Å²) >= 11 is 1.45. The van der Waals surface area contributed by atoms with Gasteiger partial charge in [-0.25, -0.2) is 9.78 Å². The highest BCUT2D eigenvalue weighted by Gasteiger charge is 2.16. The molecule has 4 nitrogen and oxygen atoms in total. The second-order valence-electron chi connectivity index (χ2n) is 3.55. The van der Waals surface area contributed by atoms with Crippen LogP contribution in [0.5, 0.6) is 0 Å². The molecule has 0 bridgehead atoms. The predicted octanol–water partition coefficient (Wildman–Crippen LogP) is 2.74. The van der Waals surface area contributed by atoms with Crippen LogP contribution in [0.2, 0.25) is 0 Å². The van der Waals surface area contributed by atoms with Crippen molar-refractivity contribution in [2.75, 3.05) is 5.32 Å². The molecule has 1 unspecified atom stereocenters. The molecule has 0 spiro atoms. The average molecular weight is 248 g/mol. The third kappa shape index (κ3) is 2.62. The molecule has 2 N–H and O–H groups in total. The molecule has 17 heavy (non-hydrogen) atoms. The van der Waals surface area contributed by atoms with Crippen LogP contribution in [0.3, 0.4) is 0 Å². The fraction of sp³-hybridized carbons (Fsp3) is 0.167. The number of thiazole rings is 1. The zero-order valence-electron chi connectivity index (χ0n) is 9.09. The summed E-state index contributed by atoms with van der Waals surface area (Å²) in [6, 6.07) is 7.03. The number of hydrogen-bond donors (Lipinski definition) is 2. The Morgan fingerprint density at radius 1 is 1.59 bits per heavy atom. The number of benzene rings is 1. The van der Waals surface area contributed by atoms with Gasteiger partial charge in [0, 0.05) is 0 Å². The number of aromatic nitrogens is 1. The van der Waals surface area contributed by atoms with Crippen molar-refractivity contribution < 1.29 is 9.90 Å². The largest absolute Gasteiger partial charge is 0.480 e. The van der Waals surface area contributed by atoms with Crippen molar-refractivity contribution in [3.05, 3.63) is 36.9 Å². The maximum absolute atomic E-state index is 11.0. The Morgan fingerprint density at radius 3 is 3.00 bits per heavy atom. The van der Waals surface area contributed by atoms with E-state index in [9.17, 15) is 4.79 Å². The molecule has 1 heterocycles. The van der Waals surface area contributed by atoms with Crippen molar-refractivity contribution in [3.8, 4) is 0 Å². The molecule has 0 saturated carbocycles. The first-order valence-corrected chi connectivity index (χ1v) is 5.98. The topological polar surface area (TPSA) is 62.2 Å². The van der Waals surface area contributed by atoms with Gasteiger partial charge in [-0.05, 0) is 18.6 Å². The number of carboxylic acids is 1. The van der Waals surface area contributed by atoms with Gasteiger partial charge in [0.25, 0.3) is 0 Å². The molecular formula is C12H12N2O2S. The molecule has 2 rings (SSSR count). The van der Waals surface area contributed by atoms with Crippen molar-refractivity contribution in [2.45, 2.75) is 12.5 Å². The van der Waals surface area contributed by atoms with E-state index < -0.39 is 12.0 Å². The van der Waals surface area contributed by atoms with E-state index in [0.29, 0.717) is 11.6 Å². The summed E-state index contributed by atoms with van der Waals surface area (Å²) in [5.74, 6) is -0.899. The second kappa shape index (κ2) is 4.97. The maximum atomic E-state index is 11.0. The molecule has 1 aromatic carbocycles. The maximum Gasteiger partial charge on any atom is 0.326 e. The normalized spacial score (nSPS) is 12.2. The quantitative estimate of drug-likeness (QED) is 0.799. The first-order chi connectivity index (χ1) is 8.20. The highest BCUT2D eigenvalue weighted by molar-refractivity contribution is 7.22. The summed E-state index contributed by atoms with van der Waals surface area (Å²) < 4.78 is 1.04. The number of anilines is 1. The highest BCUT2D eigenvalue weighted by atomic mass is 32.1. The molecular weight excluding hydrogens is 236 g/mol. The number of nitrogens with one attached hydrogen (secondary N) is 1. The number of hydrogen-bond acceptors (Lipinski definition) is 4. The SMILES string of the molecule is C=CCC(Nc1nc2ccccc2s1)C(=O)O. The molecule has 1 atom stereocenters. The zero-order valence-corrected chi connectivity index (χ0v) is 9.91. The van der Waals surface area contributed by atoms with Gasteiger partial charge in [-0.1, -0.05) is 29.5 Å². The molecule has 0 radical (unpaired) electrons. The van der Waals surface area contributed by atoms with E-state index in [4.69, 9.17) is 5.11 Å². The van der Waals surface area contributed by atoms with E-state index in [2.05, 4.69) is 16.9 Å². The number of fused-ring (bicyclic) bond motifs is 1. The van der Waals surface area contributed by atoms with Crippen molar-refractivity contribution in [1.82, 2.24) is 4.98 Å². The number of carboxylic acid groups (broad SMARTS) is 1. The summed E-state index contributed by atoms with van der Waals surface area (Å²) in [5.41, 5.74) is 0.878. The summed E-state index contributed by atoms with van der Waals surface area (Å²) in [6.07, 6.45) is 1.95. The molecule has 0 aliphatic heterocycles. The van der Waals surface area contributed by atoms with Gasteiger partial charge in [-0.15, -0.1) is 6.58 Å². The van der Waals surface area contributed by atoms with Crippen LogP contribution < -0.4 is 5.32 Å². The molecule has 2 aromatic rings. The number of aliphatic carboxylic acids is 1. The first kappa shape index (κ1) is 11.6. The fourth-order valence-electron chi connectivity index (χ4n) is 1.47. The van der Waals surface area contributed by atoms with Crippen LogP contribution in [-0.4, -0.2) is 22.1 Å². The van der Waals surface area contributed by atoms with Gasteiger partial charge < -0.3 is 10.4 Å². The van der Waals surface area contributed by atoms with Crippen LogP contribution >= 0.6 is 11.3 Å². The number of rotatable bonds is 5. The highest BCUT2D eigenvalue weighted by Crippen LogP contribution is 2.26. The number of para-hydroxylation sites is 1. The summed E-state index contributed by atoms with van der Waals surface area (Å²) in [7, 11) is 0. The van der Waals surface area contributed by atoms with Gasteiger partial charge in [-0.2, -0.15) is 0 Å². The smallest absolute Gasteiger partial charge is 0.326 e. The van der Waals surface area contributed by atoms with Crippen LogP contribution in [0, 0.1) is 0 Å². The zero-order chi connectivity index (χ0) is 12.3. The summed E-state index contributed by atoms with van der Waals surface area (Å²) in [6.45, 7) is 3.55. The van der Waals surface area contributed by atoms with Gasteiger partial charge in [0.05, 0.1) is 10.2 Å². The monoisotopic (exact) mass is 248 g/mol. The molecule has 5 heteroatoms. The van der Waals surface area contributed by atoms with Gasteiger partial charge in [0.1, 0.15) is 6.04 Å². The minimum atomic E-state index is -0.899. The van der Waals surface area contributed by atoms with Crippen molar-refractivity contribution >= 4 is 32.7 Å². The number of carbonyl (C=O) groups is 1. The fourth-order valence-corrected chi connectivity index (χ4v) is 2.39. The van der Waals surface area contributed by atoms with E-state index in [1.165, 1.54) is 11.3 Å². The molecule has 0 amide bonds. The lowest BCUT2D eigenvalue weighted by molar-refractivity contribution is -0.137. The van der Waals surface area contributed by atoms with Gasteiger partial charge >= 0.3 is 5.97 Å². The van der Waals surface area contributed by atoms with Gasteiger partial charge in [0.2, 0.25) is 0 Å². The van der Waals surface area contributed by atoms with Crippen molar-refractivity contribution in [1.29, 1.82) is 0 Å². The van der Waals surface area contributed by atoms with Crippen molar-refractivity contribution in [3.63, 3.8) is 0 Å². The van der Waals surface area contributed by atoms with E-state index in [-0.39, 0.29) is 0 Å². The van der Waals surface area contributed by atoms with Crippen molar-refractivity contribution in [2.24, 2.45) is 0 Å². The number of nitrogens with zero attached hydrogens (tertiary/aromatic N) is 1. The van der Waals surface area contributed by atoms with E-state index in [1.807, 2.05) is 24.3 Å². The van der Waals surface area contributed by atoms with Crippen LogP contribution in [0.15, 0.2) is 36.9 Å². The Labute approximate surface area is 103 Å². The van der Waals surface area contributed by atoms with Crippen LogP contribution in [0.25, 0.3) is 10.2 Å². The third-order valence-electron chi connectivity index (χ3n) is 2.29. The van der Waals surface area contributed by atoms with E-state index in [0.717, 1.165) is 10.2 Å². The Bertz CT molecular complexity index is 517. The lowest BCUT2D eigenvalue weighted by Gasteiger charge is -2.10.